The van der Waals surface area contributed by atoms with Crippen molar-refractivity contribution < 1.29 is 17.6 Å². The zero-order valence-electron chi connectivity index (χ0n) is 14.2. The molecule has 0 heterocycles. The van der Waals surface area contributed by atoms with Crippen molar-refractivity contribution in [3.8, 4) is 0 Å². The minimum absolute atomic E-state index is 0.00759. The second kappa shape index (κ2) is 7.97. The smallest absolute Gasteiger partial charge is 0.243 e. The highest BCUT2D eigenvalue weighted by molar-refractivity contribution is 7.89. The number of hydrogen-bond donors (Lipinski definition) is 2. The van der Waals surface area contributed by atoms with Crippen molar-refractivity contribution >= 4 is 15.9 Å². The monoisotopic (exact) mass is 376 g/mol. The van der Waals surface area contributed by atoms with Gasteiger partial charge >= 0.3 is 0 Å². The van der Waals surface area contributed by atoms with Crippen molar-refractivity contribution in [3.05, 3.63) is 65.5 Å². The van der Waals surface area contributed by atoms with Crippen molar-refractivity contribution in [2.45, 2.75) is 36.6 Å². The highest BCUT2D eigenvalue weighted by Crippen LogP contribution is 2.29. The average molecular weight is 376 g/mol. The van der Waals surface area contributed by atoms with Crippen LogP contribution >= 0.6 is 0 Å². The predicted molar refractivity (Wildman–Crippen MR) is 96.5 cm³/mol. The maximum atomic E-state index is 13.6. The highest BCUT2D eigenvalue weighted by atomic mass is 32.2. The van der Waals surface area contributed by atoms with Crippen LogP contribution in [0.4, 0.5) is 4.39 Å². The quantitative estimate of drug-likeness (QED) is 0.814. The zero-order chi connectivity index (χ0) is 18.6. The summed E-state index contributed by atoms with van der Waals surface area (Å²) in [6.07, 6.45) is 2.86. The van der Waals surface area contributed by atoms with E-state index >= 15 is 0 Å². The second-order valence-corrected chi connectivity index (χ2v) is 8.02. The Balaban J connectivity index is 1.55. The molecule has 1 aliphatic rings. The molecule has 1 amide bonds. The summed E-state index contributed by atoms with van der Waals surface area (Å²) in [5.74, 6) is -1.05. The van der Waals surface area contributed by atoms with Gasteiger partial charge in [-0.25, -0.2) is 17.5 Å². The first-order valence-corrected chi connectivity index (χ1v) is 10.1. The number of halogens is 1. The van der Waals surface area contributed by atoms with Gasteiger partial charge in [0.2, 0.25) is 15.9 Å². The summed E-state index contributed by atoms with van der Waals surface area (Å²) in [4.78, 5) is 11.8. The minimum atomic E-state index is -3.97. The molecule has 0 aromatic heterocycles. The lowest BCUT2D eigenvalue weighted by atomic mass is 9.88. The number of carbonyl (C=O) groups excluding carboxylic acids is 1. The third kappa shape index (κ3) is 4.28. The van der Waals surface area contributed by atoms with E-state index in [0.29, 0.717) is 0 Å². The molecular formula is C19H21FN2O3S. The molecule has 2 N–H and O–H groups in total. The number of sulfonamides is 1. The topological polar surface area (TPSA) is 75.3 Å². The summed E-state index contributed by atoms with van der Waals surface area (Å²) in [7, 11) is -3.97. The molecule has 0 aliphatic heterocycles. The standard InChI is InChI=1S/C19H21FN2O3S/c20-16-9-3-4-11-18(16)26(24,25)21-13-12-19(23)22-17-10-5-7-14-6-1-2-8-15(14)17/h1-4,6,8-9,11,17,21H,5,7,10,12-13H2,(H,22,23)/t17-/m1/s1. The lowest BCUT2D eigenvalue weighted by molar-refractivity contribution is -0.121. The van der Waals surface area contributed by atoms with E-state index in [4.69, 9.17) is 0 Å². The molecule has 0 bridgehead atoms. The van der Waals surface area contributed by atoms with E-state index in [1.165, 1.54) is 23.8 Å². The Morgan fingerprint density at radius 1 is 1.12 bits per heavy atom. The molecule has 26 heavy (non-hydrogen) atoms. The van der Waals surface area contributed by atoms with Crippen LogP contribution in [-0.4, -0.2) is 20.9 Å². The predicted octanol–water partition coefficient (Wildman–Crippen LogP) is 2.69. The normalized spacial score (nSPS) is 16.7. The number of carbonyl (C=O) groups is 1. The Hall–Kier alpha value is -2.25. The highest BCUT2D eigenvalue weighted by Gasteiger charge is 2.22. The minimum Gasteiger partial charge on any atom is -0.349 e. The molecule has 2 aromatic rings. The molecule has 3 rings (SSSR count). The molecule has 7 heteroatoms. The van der Waals surface area contributed by atoms with Crippen molar-refractivity contribution in [3.63, 3.8) is 0 Å². The van der Waals surface area contributed by atoms with E-state index in [2.05, 4.69) is 16.1 Å². The van der Waals surface area contributed by atoms with Crippen LogP contribution in [-0.2, 0) is 21.2 Å². The van der Waals surface area contributed by atoms with Crippen molar-refractivity contribution in [2.75, 3.05) is 6.54 Å². The van der Waals surface area contributed by atoms with Gasteiger partial charge in [-0.3, -0.25) is 4.79 Å². The third-order valence-corrected chi connectivity index (χ3v) is 5.97. The van der Waals surface area contributed by atoms with Gasteiger partial charge in [0.15, 0.2) is 0 Å². The van der Waals surface area contributed by atoms with Crippen LogP contribution in [0.25, 0.3) is 0 Å². The van der Waals surface area contributed by atoms with E-state index in [0.717, 1.165) is 30.9 Å². The Labute approximate surface area is 152 Å². The van der Waals surface area contributed by atoms with Gasteiger partial charge in [0.05, 0.1) is 6.04 Å². The lowest BCUT2D eigenvalue weighted by Crippen LogP contribution is -2.34. The van der Waals surface area contributed by atoms with Crippen molar-refractivity contribution in [2.24, 2.45) is 0 Å². The van der Waals surface area contributed by atoms with Crippen LogP contribution in [0.15, 0.2) is 53.4 Å². The molecule has 1 aliphatic carbocycles. The molecule has 0 saturated heterocycles. The number of amides is 1. The molecule has 0 unspecified atom stereocenters. The fourth-order valence-electron chi connectivity index (χ4n) is 3.21. The van der Waals surface area contributed by atoms with Crippen LogP contribution in [0.5, 0.6) is 0 Å². The van der Waals surface area contributed by atoms with Crippen LogP contribution in [0.2, 0.25) is 0 Å². The van der Waals surface area contributed by atoms with Gasteiger partial charge in [0.1, 0.15) is 10.7 Å². The molecule has 1 atom stereocenters. The second-order valence-electron chi connectivity index (χ2n) is 6.29. The van der Waals surface area contributed by atoms with Gasteiger partial charge in [-0.05, 0) is 42.5 Å². The molecule has 0 spiro atoms. The summed E-state index contributed by atoms with van der Waals surface area (Å²) in [6, 6.07) is 13.1. The summed E-state index contributed by atoms with van der Waals surface area (Å²) >= 11 is 0. The van der Waals surface area contributed by atoms with Gasteiger partial charge in [0.25, 0.3) is 0 Å². The van der Waals surface area contributed by atoms with Gasteiger partial charge in [-0.15, -0.1) is 0 Å². The summed E-state index contributed by atoms with van der Waals surface area (Å²) in [5.41, 5.74) is 2.36. The van der Waals surface area contributed by atoms with E-state index in [9.17, 15) is 17.6 Å². The van der Waals surface area contributed by atoms with Crippen LogP contribution < -0.4 is 10.0 Å². The molecule has 138 valence electrons. The van der Waals surface area contributed by atoms with Crippen LogP contribution in [0.3, 0.4) is 0 Å². The van der Waals surface area contributed by atoms with Crippen molar-refractivity contribution in [1.29, 1.82) is 0 Å². The van der Waals surface area contributed by atoms with Gasteiger partial charge < -0.3 is 5.32 Å². The summed E-state index contributed by atoms with van der Waals surface area (Å²) < 4.78 is 40.1. The Morgan fingerprint density at radius 2 is 1.85 bits per heavy atom. The fraction of sp³-hybridized carbons (Fsp3) is 0.316. The van der Waals surface area contributed by atoms with Crippen molar-refractivity contribution in [1.82, 2.24) is 10.0 Å². The maximum Gasteiger partial charge on any atom is 0.243 e. The number of aryl methyl sites for hydroxylation is 1. The zero-order valence-corrected chi connectivity index (χ0v) is 15.1. The number of benzene rings is 2. The SMILES string of the molecule is O=C(CCNS(=O)(=O)c1ccccc1F)N[C@@H]1CCCc2ccccc21. The van der Waals surface area contributed by atoms with E-state index in [-0.39, 0.29) is 24.9 Å². The van der Waals surface area contributed by atoms with Gasteiger partial charge in [-0.2, -0.15) is 0 Å². The van der Waals surface area contributed by atoms with Crippen LogP contribution in [0.1, 0.15) is 36.4 Å². The number of hydrogen-bond acceptors (Lipinski definition) is 3. The number of fused-ring (bicyclic) bond motifs is 1. The van der Waals surface area contributed by atoms with E-state index in [1.807, 2.05) is 18.2 Å². The molecule has 0 radical (unpaired) electrons. The summed E-state index contributed by atoms with van der Waals surface area (Å²) in [5, 5.41) is 2.96. The molecule has 0 saturated carbocycles. The molecular weight excluding hydrogens is 355 g/mol. The average Bonchev–Trinajstić information content (AvgIpc) is 2.62. The first kappa shape index (κ1) is 18.5. The van der Waals surface area contributed by atoms with Gasteiger partial charge in [0, 0.05) is 13.0 Å². The Bertz CT molecular complexity index is 899. The summed E-state index contributed by atoms with van der Waals surface area (Å²) in [6.45, 7) is -0.0864. The molecule has 5 nitrogen and oxygen atoms in total. The van der Waals surface area contributed by atoms with Crippen LogP contribution in [0, 0.1) is 5.82 Å². The molecule has 2 aromatic carbocycles. The first-order valence-electron chi connectivity index (χ1n) is 8.59. The number of nitrogens with one attached hydrogen (secondary N) is 2. The Morgan fingerprint density at radius 3 is 2.65 bits per heavy atom. The lowest BCUT2D eigenvalue weighted by Gasteiger charge is -2.26. The van der Waals surface area contributed by atoms with E-state index < -0.39 is 20.7 Å². The molecule has 0 fully saturated rings. The third-order valence-electron chi connectivity index (χ3n) is 4.47. The number of rotatable bonds is 6. The van der Waals surface area contributed by atoms with E-state index in [1.54, 1.807) is 0 Å². The Kier molecular flexibility index (Phi) is 5.68. The maximum absolute atomic E-state index is 13.6. The first-order chi connectivity index (χ1) is 12.5. The van der Waals surface area contributed by atoms with Gasteiger partial charge in [-0.1, -0.05) is 36.4 Å². The largest absolute Gasteiger partial charge is 0.349 e. The fourth-order valence-corrected chi connectivity index (χ4v) is 4.32.